The summed E-state index contributed by atoms with van der Waals surface area (Å²) in [5.74, 6) is -1.34. The van der Waals surface area contributed by atoms with Crippen molar-refractivity contribution in [2.75, 3.05) is 5.32 Å². The van der Waals surface area contributed by atoms with Crippen LogP contribution in [0.25, 0.3) is 27.7 Å². The van der Waals surface area contributed by atoms with Crippen molar-refractivity contribution < 1.29 is 13.6 Å². The van der Waals surface area contributed by atoms with E-state index in [9.17, 15) is 9.18 Å². The molecule has 1 aliphatic carbocycles. The highest BCUT2D eigenvalue weighted by atomic mass is 35.5. The summed E-state index contributed by atoms with van der Waals surface area (Å²) in [5.41, 5.74) is 2.34. The number of fused-ring (bicyclic) bond motifs is 2. The SMILES string of the molecule is CC(c1c(F)c(Cl)c(-c2ccc3nc(NC(=O)[C@@H]4C[C@@H]4F)cn3c2)c2cn[nH]c12)n1ncnn1. The maximum absolute atomic E-state index is 15.6. The second kappa shape index (κ2) is 7.55. The van der Waals surface area contributed by atoms with Gasteiger partial charge in [0.2, 0.25) is 5.91 Å². The Morgan fingerprint density at radius 1 is 1.35 bits per heavy atom. The van der Waals surface area contributed by atoms with Crippen molar-refractivity contribution in [3.63, 3.8) is 0 Å². The Kier molecular flexibility index (Phi) is 4.59. The van der Waals surface area contributed by atoms with Gasteiger partial charge in [0.1, 0.15) is 23.7 Å². The molecule has 1 unspecified atom stereocenters. The van der Waals surface area contributed by atoms with Crippen LogP contribution in [0.1, 0.15) is 24.9 Å². The third-order valence-electron chi connectivity index (χ3n) is 6.00. The van der Waals surface area contributed by atoms with Gasteiger partial charge in [0, 0.05) is 28.3 Å². The Bertz CT molecular complexity index is 1560. The number of rotatable bonds is 5. The van der Waals surface area contributed by atoms with Crippen LogP contribution >= 0.6 is 11.6 Å². The Labute approximate surface area is 194 Å². The van der Waals surface area contributed by atoms with Gasteiger partial charge in [-0.3, -0.25) is 9.89 Å². The number of imidazole rings is 1. The molecule has 1 saturated carbocycles. The lowest BCUT2D eigenvalue weighted by molar-refractivity contribution is -0.117. The predicted molar refractivity (Wildman–Crippen MR) is 119 cm³/mol. The molecule has 4 aromatic heterocycles. The van der Waals surface area contributed by atoms with Crippen LogP contribution in [-0.2, 0) is 4.79 Å². The Balaban J connectivity index is 1.43. The molecular weight excluding hydrogens is 468 g/mol. The van der Waals surface area contributed by atoms with Crippen molar-refractivity contribution in [3.05, 3.63) is 53.5 Å². The fourth-order valence-corrected chi connectivity index (χ4v) is 4.45. The van der Waals surface area contributed by atoms with Gasteiger partial charge >= 0.3 is 0 Å². The first-order valence-corrected chi connectivity index (χ1v) is 10.8. The first-order valence-electron chi connectivity index (χ1n) is 10.4. The van der Waals surface area contributed by atoms with Crippen LogP contribution in [0.2, 0.25) is 5.02 Å². The van der Waals surface area contributed by atoms with Crippen LogP contribution in [0.3, 0.4) is 0 Å². The van der Waals surface area contributed by atoms with E-state index in [1.807, 2.05) is 0 Å². The molecule has 1 amide bonds. The molecule has 3 atom stereocenters. The highest BCUT2D eigenvalue weighted by Crippen LogP contribution is 2.41. The fourth-order valence-electron chi connectivity index (χ4n) is 4.13. The molecule has 5 aromatic rings. The Hall–Kier alpha value is -3.93. The third-order valence-corrected chi connectivity index (χ3v) is 6.35. The second-order valence-corrected chi connectivity index (χ2v) is 8.54. The molecule has 2 N–H and O–H groups in total. The van der Waals surface area contributed by atoms with Gasteiger partial charge in [-0.05, 0) is 30.7 Å². The zero-order chi connectivity index (χ0) is 23.6. The number of tetrazole rings is 1. The maximum Gasteiger partial charge on any atom is 0.231 e. The van der Waals surface area contributed by atoms with E-state index in [-0.39, 0.29) is 17.0 Å². The summed E-state index contributed by atoms with van der Waals surface area (Å²) in [6.45, 7) is 1.73. The maximum atomic E-state index is 15.6. The van der Waals surface area contributed by atoms with Crippen LogP contribution < -0.4 is 5.32 Å². The van der Waals surface area contributed by atoms with Gasteiger partial charge in [-0.1, -0.05) is 11.6 Å². The van der Waals surface area contributed by atoms with Gasteiger partial charge < -0.3 is 9.72 Å². The third kappa shape index (κ3) is 3.21. The molecule has 6 rings (SSSR count). The minimum atomic E-state index is -1.09. The molecule has 1 aliphatic rings. The largest absolute Gasteiger partial charge is 0.309 e. The van der Waals surface area contributed by atoms with E-state index in [1.54, 1.807) is 42.0 Å². The monoisotopic (exact) mass is 483 g/mol. The van der Waals surface area contributed by atoms with Crippen molar-refractivity contribution in [2.45, 2.75) is 25.6 Å². The Morgan fingerprint density at radius 3 is 2.91 bits per heavy atom. The lowest BCUT2D eigenvalue weighted by Crippen LogP contribution is -2.15. The molecule has 13 heteroatoms. The number of amides is 1. The molecule has 0 aliphatic heterocycles. The van der Waals surface area contributed by atoms with E-state index in [0.29, 0.717) is 33.5 Å². The average molecular weight is 484 g/mol. The summed E-state index contributed by atoms with van der Waals surface area (Å²) >= 11 is 6.56. The first-order chi connectivity index (χ1) is 16.4. The number of aromatic nitrogens is 8. The van der Waals surface area contributed by atoms with Gasteiger partial charge in [0.05, 0.1) is 28.9 Å². The van der Waals surface area contributed by atoms with Crippen LogP contribution in [-0.4, -0.2) is 51.9 Å². The van der Waals surface area contributed by atoms with E-state index < -0.39 is 29.9 Å². The molecule has 172 valence electrons. The molecule has 4 heterocycles. The highest BCUT2D eigenvalue weighted by molar-refractivity contribution is 6.35. The summed E-state index contributed by atoms with van der Waals surface area (Å²) < 4.78 is 30.4. The summed E-state index contributed by atoms with van der Waals surface area (Å²) in [7, 11) is 0. The standard InChI is InChI=1S/C21H16ClF2N9O/c1-9(33-27-8-26-31-33)16-19(24)18(22)17(12-5-25-30-20(12)16)10-2-3-15-28-14(7-32(15)6-10)29-21(34)11-4-13(11)23/h2-3,5-9,11,13H,4H2,1H3,(H,25,30)(H,29,34)/t9?,11-,13+/m1/s1. The number of carbonyl (C=O) groups is 1. The molecule has 0 bridgehead atoms. The van der Waals surface area contributed by atoms with E-state index in [2.05, 4.69) is 35.9 Å². The topological polar surface area (TPSA) is 119 Å². The summed E-state index contributed by atoms with van der Waals surface area (Å²) in [6, 6.07) is 2.88. The number of alkyl halides is 1. The van der Waals surface area contributed by atoms with Crippen molar-refractivity contribution in [1.82, 2.24) is 39.8 Å². The number of nitrogens with one attached hydrogen (secondary N) is 2. The normalized spacial score (nSPS) is 18.5. The van der Waals surface area contributed by atoms with Crippen LogP contribution in [0.4, 0.5) is 14.6 Å². The quantitative estimate of drug-likeness (QED) is 0.394. The van der Waals surface area contributed by atoms with Crippen molar-refractivity contribution in [2.24, 2.45) is 5.92 Å². The lowest BCUT2D eigenvalue weighted by atomic mass is 9.97. The zero-order valence-corrected chi connectivity index (χ0v) is 18.3. The zero-order valence-electron chi connectivity index (χ0n) is 17.6. The van der Waals surface area contributed by atoms with E-state index in [4.69, 9.17) is 11.6 Å². The molecule has 0 saturated heterocycles. The molecule has 1 fully saturated rings. The van der Waals surface area contributed by atoms with Gasteiger partial charge in [-0.15, -0.1) is 10.2 Å². The number of pyridine rings is 1. The number of nitrogens with zero attached hydrogens (tertiary/aromatic N) is 7. The number of halogens is 3. The number of benzene rings is 1. The van der Waals surface area contributed by atoms with Gasteiger partial charge in [-0.25, -0.2) is 13.8 Å². The predicted octanol–water partition coefficient (Wildman–Crippen LogP) is 3.56. The smallest absolute Gasteiger partial charge is 0.231 e. The van der Waals surface area contributed by atoms with Crippen molar-refractivity contribution >= 4 is 39.9 Å². The van der Waals surface area contributed by atoms with Crippen LogP contribution in [0.15, 0.2) is 37.1 Å². The van der Waals surface area contributed by atoms with E-state index in [0.717, 1.165) is 0 Å². The molecule has 1 aromatic carbocycles. The van der Waals surface area contributed by atoms with E-state index >= 15 is 4.39 Å². The highest BCUT2D eigenvalue weighted by Gasteiger charge is 2.43. The number of hydrogen-bond donors (Lipinski definition) is 2. The fraction of sp³-hybridized carbons (Fsp3) is 0.238. The second-order valence-electron chi connectivity index (χ2n) is 8.16. The van der Waals surface area contributed by atoms with Crippen molar-refractivity contribution in [3.8, 4) is 11.1 Å². The number of H-pyrrole nitrogens is 1. The minimum absolute atomic E-state index is 0.0772. The van der Waals surface area contributed by atoms with E-state index in [1.165, 1.54) is 11.1 Å². The molecule has 34 heavy (non-hydrogen) atoms. The Morgan fingerprint density at radius 2 is 2.18 bits per heavy atom. The molecule has 0 spiro atoms. The van der Waals surface area contributed by atoms with Gasteiger partial charge in [0.15, 0.2) is 12.1 Å². The molecule has 10 nitrogen and oxygen atoms in total. The number of anilines is 1. The summed E-state index contributed by atoms with van der Waals surface area (Å²) in [5, 5.41) is 21.7. The summed E-state index contributed by atoms with van der Waals surface area (Å²) in [6.07, 6.45) is 5.32. The summed E-state index contributed by atoms with van der Waals surface area (Å²) in [4.78, 5) is 17.7. The van der Waals surface area contributed by atoms with Crippen LogP contribution in [0.5, 0.6) is 0 Å². The van der Waals surface area contributed by atoms with Gasteiger partial charge in [-0.2, -0.15) is 9.90 Å². The number of aromatic amines is 1. The lowest BCUT2D eigenvalue weighted by Gasteiger charge is -2.16. The minimum Gasteiger partial charge on any atom is -0.309 e. The molecule has 0 radical (unpaired) electrons. The number of carbonyl (C=O) groups excluding carboxylic acids is 1. The average Bonchev–Trinajstić information content (AvgIpc) is 3.26. The molecular formula is C21H16ClF2N9O. The van der Waals surface area contributed by atoms with Crippen LogP contribution in [0, 0.1) is 11.7 Å². The number of hydrogen-bond acceptors (Lipinski definition) is 6. The first kappa shape index (κ1) is 20.7. The van der Waals surface area contributed by atoms with Crippen molar-refractivity contribution in [1.29, 1.82) is 0 Å². The van der Waals surface area contributed by atoms with Gasteiger partial charge in [0.25, 0.3) is 0 Å².